The molecule has 17 heteroatoms. The molecule has 1 amide bonds. The zero-order valence-corrected chi connectivity index (χ0v) is 24.4. The van der Waals surface area contributed by atoms with E-state index in [1.54, 1.807) is 0 Å². The molecule has 0 unspecified atom stereocenters. The Morgan fingerprint density at radius 2 is 1.64 bits per heavy atom. The quantitative estimate of drug-likeness (QED) is 0.260. The van der Waals surface area contributed by atoms with Crippen LogP contribution < -0.4 is 4.74 Å². The van der Waals surface area contributed by atoms with Gasteiger partial charge in [0.1, 0.15) is 11.6 Å². The summed E-state index contributed by atoms with van der Waals surface area (Å²) in [4.78, 5) is 34.3. The molecule has 0 spiro atoms. The van der Waals surface area contributed by atoms with Gasteiger partial charge in [-0.15, -0.1) is 0 Å². The number of halogens is 7. The van der Waals surface area contributed by atoms with Gasteiger partial charge < -0.3 is 9.57 Å². The molecule has 3 aliphatic rings. The van der Waals surface area contributed by atoms with Crippen molar-refractivity contribution < 1.29 is 58.3 Å². The molecule has 5 rings (SSSR count). The number of carbonyl (C=O) groups excluding carboxylic acids is 2. The van der Waals surface area contributed by atoms with Crippen molar-refractivity contribution in [2.75, 3.05) is 19.7 Å². The third kappa shape index (κ3) is 7.51. The van der Waals surface area contributed by atoms with Crippen molar-refractivity contribution in [2.24, 2.45) is 5.92 Å². The predicted octanol–water partition coefficient (Wildman–Crippen LogP) is 5.36. The fourth-order valence-corrected chi connectivity index (χ4v) is 6.61. The summed E-state index contributed by atoms with van der Waals surface area (Å²) in [5.41, 5.74) is -1.81. The molecule has 246 valence electrons. The number of alkyl halides is 6. The Balaban J connectivity index is 1.26. The molecular weight excluding hydrogens is 639 g/mol. The number of aromatic nitrogens is 1. The van der Waals surface area contributed by atoms with E-state index in [0.29, 0.717) is 38.8 Å². The normalized spacial score (nSPS) is 18.5. The highest BCUT2D eigenvalue weighted by molar-refractivity contribution is 7.90. The van der Waals surface area contributed by atoms with Crippen LogP contribution in [-0.4, -0.2) is 65.8 Å². The van der Waals surface area contributed by atoms with Crippen LogP contribution in [0.4, 0.5) is 30.7 Å². The Morgan fingerprint density at radius 1 is 0.978 bits per heavy atom. The topological polar surface area (TPSA) is 106 Å². The van der Waals surface area contributed by atoms with Crippen LogP contribution in [0.1, 0.15) is 71.6 Å². The summed E-state index contributed by atoms with van der Waals surface area (Å²) >= 11 is 0. The van der Waals surface area contributed by atoms with Gasteiger partial charge in [0.2, 0.25) is 0 Å². The number of nitrogens with zero attached hydrogens (tertiary/aromatic N) is 3. The number of likely N-dealkylation sites (tertiary alicyclic amines) is 1. The Labute approximate surface area is 253 Å². The number of piperidine rings is 1. The lowest BCUT2D eigenvalue weighted by Crippen LogP contribution is -2.44. The maximum absolute atomic E-state index is 15.8. The number of amides is 1. The van der Waals surface area contributed by atoms with E-state index < -0.39 is 60.9 Å². The van der Waals surface area contributed by atoms with Gasteiger partial charge in [0.05, 0.1) is 28.7 Å². The Bertz CT molecular complexity index is 1550. The van der Waals surface area contributed by atoms with Gasteiger partial charge in [-0.1, -0.05) is 4.47 Å². The maximum Gasteiger partial charge on any atom is 0.493 e. The molecule has 0 N–H and O–H groups in total. The number of hydrogen-bond acceptors (Lipinski definition) is 8. The first-order chi connectivity index (χ1) is 21.1. The summed E-state index contributed by atoms with van der Waals surface area (Å²) < 4.78 is 125. The molecule has 0 atom stereocenters. The van der Waals surface area contributed by atoms with Crippen LogP contribution in [-0.2, 0) is 32.4 Å². The molecule has 0 bridgehead atoms. The van der Waals surface area contributed by atoms with Gasteiger partial charge in [0.15, 0.2) is 0 Å². The van der Waals surface area contributed by atoms with Gasteiger partial charge in [-0.2, -0.15) is 26.3 Å². The molecule has 1 aromatic carbocycles. The van der Waals surface area contributed by atoms with Crippen molar-refractivity contribution in [1.82, 2.24) is 14.4 Å². The van der Waals surface area contributed by atoms with Crippen LogP contribution >= 0.6 is 0 Å². The third-order valence-corrected chi connectivity index (χ3v) is 9.86. The third-order valence-electron chi connectivity index (χ3n) is 7.85. The monoisotopic (exact) mass is 667 g/mol. The van der Waals surface area contributed by atoms with Gasteiger partial charge >= 0.3 is 24.2 Å². The minimum Gasteiger partial charge on any atom is -0.493 e. The number of pyridine rings is 1. The van der Waals surface area contributed by atoms with Gasteiger partial charge in [0.25, 0.3) is 10.0 Å². The number of carbonyl (C=O) groups is 2. The summed E-state index contributed by atoms with van der Waals surface area (Å²) in [5.74, 6) is -6.27. The van der Waals surface area contributed by atoms with Crippen molar-refractivity contribution in [3.63, 3.8) is 0 Å². The van der Waals surface area contributed by atoms with E-state index in [1.807, 2.05) is 4.90 Å². The van der Waals surface area contributed by atoms with Crippen LogP contribution in [0.2, 0.25) is 0 Å². The molecular formula is C28H28F7N3O6S. The fraction of sp³-hybridized carbons (Fsp3) is 0.536. The van der Waals surface area contributed by atoms with Crippen molar-refractivity contribution in [3.8, 4) is 5.75 Å². The van der Waals surface area contributed by atoms with Crippen molar-refractivity contribution in [2.45, 2.75) is 68.6 Å². The summed E-state index contributed by atoms with van der Waals surface area (Å²) in [7, 11) is -4.85. The number of benzene rings is 1. The lowest BCUT2D eigenvalue weighted by Gasteiger charge is -2.32. The van der Waals surface area contributed by atoms with E-state index >= 15 is 4.39 Å². The number of ether oxygens (including phenoxy) is 1. The van der Waals surface area contributed by atoms with E-state index in [0.717, 1.165) is 12.1 Å². The Hall–Kier alpha value is -3.47. The largest absolute Gasteiger partial charge is 0.493 e. The standard InChI is InChI=1S/C28H28F7N3O6S/c29-24-19(25(39)38(44-26(40)28(33,34)35)45(41,42)18-5-6-18)7-8-22(23(24)17-3-4-17)43-15-16-9-12-37(13-10-16)14-21-20(27(30,31)32)2-1-11-36-21/h1-2,7-8,11,16-18H,3-6,9-10,12-15H2. The molecule has 0 radical (unpaired) electrons. The number of hydroxylamine groups is 1. The second-order valence-electron chi connectivity index (χ2n) is 11.3. The average Bonchev–Trinajstić information content (AvgIpc) is 3.88. The molecule has 2 aromatic rings. The number of hydrogen-bond donors (Lipinski definition) is 0. The summed E-state index contributed by atoms with van der Waals surface area (Å²) in [6.45, 7) is 1.05. The highest BCUT2D eigenvalue weighted by Crippen LogP contribution is 2.47. The molecule has 2 heterocycles. The minimum atomic E-state index is -5.62. The van der Waals surface area contributed by atoms with Crippen LogP contribution in [0.3, 0.4) is 0 Å². The van der Waals surface area contributed by atoms with Crippen LogP contribution in [0, 0.1) is 11.7 Å². The van der Waals surface area contributed by atoms with Crippen molar-refractivity contribution in [3.05, 3.63) is 58.7 Å². The molecule has 1 aliphatic heterocycles. The van der Waals surface area contributed by atoms with Gasteiger partial charge in [-0.05, 0) is 87.7 Å². The van der Waals surface area contributed by atoms with Crippen LogP contribution in [0.25, 0.3) is 0 Å². The molecule has 1 saturated heterocycles. The zero-order valence-electron chi connectivity index (χ0n) is 23.5. The summed E-state index contributed by atoms with van der Waals surface area (Å²) in [6, 6.07) is 4.29. The Morgan fingerprint density at radius 3 is 2.22 bits per heavy atom. The molecule has 2 aliphatic carbocycles. The molecule has 3 fully saturated rings. The van der Waals surface area contributed by atoms with Crippen molar-refractivity contribution >= 4 is 21.9 Å². The molecule has 1 aromatic heterocycles. The Kier molecular flexibility index (Phi) is 9.05. The first kappa shape index (κ1) is 32.9. The van der Waals surface area contributed by atoms with Crippen molar-refractivity contribution in [1.29, 1.82) is 0 Å². The first-order valence-corrected chi connectivity index (χ1v) is 15.6. The van der Waals surface area contributed by atoms with Gasteiger partial charge in [0, 0.05) is 18.3 Å². The van der Waals surface area contributed by atoms with E-state index in [1.165, 1.54) is 18.3 Å². The maximum atomic E-state index is 15.8. The number of sulfonamides is 1. The van der Waals surface area contributed by atoms with E-state index in [2.05, 4.69) is 9.82 Å². The van der Waals surface area contributed by atoms with Gasteiger partial charge in [-0.25, -0.2) is 17.6 Å². The van der Waals surface area contributed by atoms with Gasteiger partial charge in [-0.3, -0.25) is 14.7 Å². The first-order valence-electron chi connectivity index (χ1n) is 14.1. The average molecular weight is 668 g/mol. The lowest BCUT2D eigenvalue weighted by atomic mass is 9.97. The minimum absolute atomic E-state index is 0.0154. The number of rotatable bonds is 9. The van der Waals surface area contributed by atoms with Crippen LogP contribution in [0.5, 0.6) is 5.75 Å². The second kappa shape index (κ2) is 12.4. The lowest BCUT2D eigenvalue weighted by molar-refractivity contribution is -0.217. The fourth-order valence-electron chi connectivity index (χ4n) is 5.11. The van der Waals surface area contributed by atoms with E-state index in [9.17, 15) is 44.3 Å². The predicted molar refractivity (Wildman–Crippen MR) is 141 cm³/mol. The summed E-state index contributed by atoms with van der Waals surface area (Å²) in [5, 5.41) is -1.25. The SMILES string of the molecule is O=C(c1ccc(OCC2CCN(Cc3ncccc3C(F)(F)F)CC2)c(C2CC2)c1F)N(OC(=O)C(F)(F)F)S(=O)(=O)C1CC1. The summed E-state index contributed by atoms with van der Waals surface area (Å²) in [6.07, 6.45) is -6.64. The molecule has 9 nitrogen and oxygen atoms in total. The van der Waals surface area contributed by atoms with Crippen LogP contribution in [0.15, 0.2) is 30.5 Å². The molecule has 45 heavy (non-hydrogen) atoms. The molecule has 2 saturated carbocycles. The second-order valence-corrected chi connectivity index (χ2v) is 13.3. The van der Waals surface area contributed by atoms with E-state index in [4.69, 9.17) is 4.74 Å². The van der Waals surface area contributed by atoms with E-state index in [-0.39, 0.29) is 54.8 Å². The smallest absolute Gasteiger partial charge is 0.493 e. The zero-order chi connectivity index (χ0) is 32.7. The highest BCUT2D eigenvalue weighted by atomic mass is 32.2. The highest BCUT2D eigenvalue weighted by Gasteiger charge is 2.50.